The standard InChI is InChI=1S/C26H22N4O4/c31-29(32)15-23(21-13-27-25-7-3-1-5-19(21)25)17-9-11-18(12-10-17)24(16-30(33)34)22-14-28-26-8-4-2-6-20(22)26/h1-14,23-24,27-28H,15-16H2/t23-,24-/m1/s1. The number of nitrogens with one attached hydrogen (secondary N) is 2. The highest BCUT2D eigenvalue weighted by atomic mass is 16.6. The highest BCUT2D eigenvalue weighted by Gasteiger charge is 2.26. The summed E-state index contributed by atoms with van der Waals surface area (Å²) in [6.07, 6.45) is 3.66. The van der Waals surface area contributed by atoms with Crippen molar-refractivity contribution in [1.29, 1.82) is 0 Å². The largest absolute Gasteiger partial charge is 0.361 e. The first-order valence-corrected chi connectivity index (χ1v) is 11.0. The molecule has 8 heteroatoms. The average Bonchev–Trinajstić information content (AvgIpc) is 3.46. The Morgan fingerprint density at radius 2 is 1.00 bits per heavy atom. The third-order valence-electron chi connectivity index (χ3n) is 6.40. The first-order chi connectivity index (χ1) is 16.5. The normalized spacial score (nSPS) is 13.2. The van der Waals surface area contributed by atoms with Crippen LogP contribution in [0.25, 0.3) is 21.8 Å². The third kappa shape index (κ3) is 4.01. The first kappa shape index (κ1) is 21.4. The Morgan fingerprint density at radius 3 is 1.38 bits per heavy atom. The highest BCUT2D eigenvalue weighted by Crippen LogP contribution is 2.34. The summed E-state index contributed by atoms with van der Waals surface area (Å²) >= 11 is 0. The Kier molecular flexibility index (Phi) is 5.55. The number of H-pyrrole nitrogens is 2. The monoisotopic (exact) mass is 454 g/mol. The molecule has 5 aromatic rings. The molecular weight excluding hydrogens is 432 g/mol. The number of rotatable bonds is 8. The molecule has 2 N–H and O–H groups in total. The van der Waals surface area contributed by atoms with Gasteiger partial charge in [0.15, 0.2) is 0 Å². The van der Waals surface area contributed by atoms with E-state index in [2.05, 4.69) is 9.97 Å². The predicted molar refractivity (Wildman–Crippen MR) is 130 cm³/mol. The van der Waals surface area contributed by atoms with Gasteiger partial charge in [-0.05, 0) is 34.4 Å². The number of hydrogen-bond donors (Lipinski definition) is 2. The lowest BCUT2D eigenvalue weighted by molar-refractivity contribution is -0.482. The van der Waals surface area contributed by atoms with Crippen molar-refractivity contribution in [3.05, 3.63) is 128 Å². The second-order valence-electron chi connectivity index (χ2n) is 8.38. The van der Waals surface area contributed by atoms with Crippen molar-refractivity contribution >= 4 is 21.8 Å². The Labute approximate surface area is 194 Å². The van der Waals surface area contributed by atoms with E-state index in [1.165, 1.54) is 0 Å². The van der Waals surface area contributed by atoms with Crippen molar-refractivity contribution in [1.82, 2.24) is 9.97 Å². The van der Waals surface area contributed by atoms with Crippen LogP contribution in [0.3, 0.4) is 0 Å². The van der Waals surface area contributed by atoms with E-state index in [1.54, 1.807) is 0 Å². The van der Waals surface area contributed by atoms with Gasteiger partial charge in [-0.25, -0.2) is 0 Å². The molecule has 0 aliphatic rings. The van der Waals surface area contributed by atoms with Crippen LogP contribution in [-0.4, -0.2) is 32.9 Å². The van der Waals surface area contributed by atoms with E-state index < -0.39 is 11.8 Å². The van der Waals surface area contributed by atoms with Gasteiger partial charge in [-0.1, -0.05) is 60.7 Å². The maximum absolute atomic E-state index is 11.5. The molecule has 2 heterocycles. The van der Waals surface area contributed by atoms with Gasteiger partial charge in [0.1, 0.15) is 0 Å². The molecule has 0 aliphatic carbocycles. The summed E-state index contributed by atoms with van der Waals surface area (Å²) in [4.78, 5) is 28.8. The van der Waals surface area contributed by atoms with Crippen molar-refractivity contribution < 1.29 is 9.85 Å². The van der Waals surface area contributed by atoms with Crippen molar-refractivity contribution in [3.8, 4) is 0 Å². The molecule has 2 aromatic heterocycles. The van der Waals surface area contributed by atoms with Gasteiger partial charge in [-0.15, -0.1) is 0 Å². The molecule has 0 saturated carbocycles. The van der Waals surface area contributed by atoms with Crippen LogP contribution >= 0.6 is 0 Å². The molecule has 0 radical (unpaired) electrons. The molecule has 2 atom stereocenters. The molecule has 5 rings (SSSR count). The van der Waals surface area contributed by atoms with E-state index >= 15 is 0 Å². The van der Waals surface area contributed by atoms with Crippen LogP contribution in [0.15, 0.2) is 85.2 Å². The Balaban J connectivity index is 1.54. The second kappa shape index (κ2) is 8.82. The smallest absolute Gasteiger partial charge is 0.214 e. The SMILES string of the molecule is O=[N+]([O-])C[C@H](c1ccc([C@@H](C[N+](=O)[O-])c2c[nH]c3ccccc23)cc1)c1c[nH]c2ccccc12. The summed E-state index contributed by atoms with van der Waals surface area (Å²) in [6.45, 7) is -0.496. The van der Waals surface area contributed by atoms with Gasteiger partial charge in [-0.2, -0.15) is 0 Å². The summed E-state index contributed by atoms with van der Waals surface area (Å²) in [5, 5.41) is 24.9. The fraction of sp³-hybridized carbons (Fsp3) is 0.154. The van der Waals surface area contributed by atoms with E-state index in [0.717, 1.165) is 44.1 Å². The van der Waals surface area contributed by atoms with Crippen LogP contribution < -0.4 is 0 Å². The molecule has 0 spiro atoms. The van der Waals surface area contributed by atoms with E-state index in [4.69, 9.17) is 0 Å². The molecule has 0 unspecified atom stereocenters. The van der Waals surface area contributed by atoms with Gasteiger partial charge >= 0.3 is 0 Å². The molecule has 3 aromatic carbocycles. The van der Waals surface area contributed by atoms with Gasteiger partial charge in [0.25, 0.3) is 0 Å². The minimum absolute atomic E-state index is 0.248. The number of aromatic amines is 2. The first-order valence-electron chi connectivity index (χ1n) is 11.0. The molecule has 34 heavy (non-hydrogen) atoms. The summed E-state index contributed by atoms with van der Waals surface area (Å²) in [5.74, 6) is -0.885. The Bertz CT molecular complexity index is 1370. The number of nitrogens with zero attached hydrogens (tertiary/aromatic N) is 2. The molecule has 170 valence electrons. The summed E-state index contributed by atoms with van der Waals surface area (Å²) in [6, 6.07) is 22.9. The van der Waals surface area contributed by atoms with E-state index in [0.29, 0.717) is 0 Å². The van der Waals surface area contributed by atoms with Crippen LogP contribution in [-0.2, 0) is 0 Å². The summed E-state index contributed by atoms with van der Waals surface area (Å²) < 4.78 is 0. The molecule has 0 aliphatic heterocycles. The second-order valence-corrected chi connectivity index (χ2v) is 8.38. The van der Waals surface area contributed by atoms with Gasteiger partial charge in [0.05, 0.1) is 11.8 Å². The minimum Gasteiger partial charge on any atom is -0.361 e. The maximum atomic E-state index is 11.5. The topological polar surface area (TPSA) is 118 Å². The number of hydrogen-bond acceptors (Lipinski definition) is 4. The molecular formula is C26H22N4O4. The molecule has 0 bridgehead atoms. The summed E-state index contributed by atoms with van der Waals surface area (Å²) in [5.41, 5.74) is 5.16. The van der Waals surface area contributed by atoms with Crippen LogP contribution in [0.5, 0.6) is 0 Å². The molecule has 8 nitrogen and oxygen atoms in total. The third-order valence-corrected chi connectivity index (χ3v) is 6.40. The van der Waals surface area contributed by atoms with Crippen molar-refractivity contribution in [2.75, 3.05) is 13.1 Å². The van der Waals surface area contributed by atoms with Crippen molar-refractivity contribution in [2.24, 2.45) is 0 Å². The lowest BCUT2D eigenvalue weighted by Crippen LogP contribution is -2.15. The zero-order valence-electron chi connectivity index (χ0n) is 18.2. The van der Waals surface area contributed by atoms with Crippen molar-refractivity contribution in [2.45, 2.75) is 11.8 Å². The average molecular weight is 454 g/mol. The summed E-state index contributed by atoms with van der Waals surface area (Å²) in [7, 11) is 0. The maximum Gasteiger partial charge on any atom is 0.214 e. The van der Waals surface area contributed by atoms with Crippen LogP contribution in [0, 0.1) is 20.2 Å². The molecule has 0 fully saturated rings. The van der Waals surface area contributed by atoms with Crippen LogP contribution in [0.1, 0.15) is 34.1 Å². The number of nitro groups is 2. The van der Waals surface area contributed by atoms with Crippen LogP contribution in [0.2, 0.25) is 0 Å². The number of para-hydroxylation sites is 2. The fourth-order valence-corrected chi connectivity index (χ4v) is 4.79. The van der Waals surface area contributed by atoms with Gasteiger partial charge in [-0.3, -0.25) is 20.2 Å². The van der Waals surface area contributed by atoms with Gasteiger partial charge < -0.3 is 9.97 Å². The van der Waals surface area contributed by atoms with Gasteiger partial charge in [0.2, 0.25) is 13.1 Å². The zero-order chi connectivity index (χ0) is 23.7. The number of benzene rings is 3. The molecule has 0 saturated heterocycles. The lowest BCUT2D eigenvalue weighted by Gasteiger charge is -2.16. The van der Waals surface area contributed by atoms with E-state index in [9.17, 15) is 20.2 Å². The minimum atomic E-state index is -0.442. The van der Waals surface area contributed by atoms with E-state index in [1.807, 2.05) is 85.2 Å². The van der Waals surface area contributed by atoms with Crippen molar-refractivity contribution in [3.63, 3.8) is 0 Å². The Hall–Kier alpha value is -4.46. The lowest BCUT2D eigenvalue weighted by atomic mass is 9.87. The molecule has 0 amide bonds. The fourth-order valence-electron chi connectivity index (χ4n) is 4.79. The number of aromatic nitrogens is 2. The Morgan fingerprint density at radius 1 is 0.618 bits per heavy atom. The van der Waals surface area contributed by atoms with Crippen LogP contribution in [0.4, 0.5) is 0 Å². The highest BCUT2D eigenvalue weighted by molar-refractivity contribution is 5.85. The quantitative estimate of drug-likeness (QED) is 0.239. The van der Waals surface area contributed by atoms with Gasteiger partial charge in [0, 0.05) is 44.0 Å². The number of fused-ring (bicyclic) bond motifs is 2. The predicted octanol–water partition coefficient (Wildman–Crippen LogP) is 5.47. The zero-order valence-corrected chi connectivity index (χ0v) is 18.2. The van der Waals surface area contributed by atoms with E-state index in [-0.39, 0.29) is 22.9 Å².